The number of pyridine rings is 1. The van der Waals surface area contributed by atoms with Crippen molar-refractivity contribution in [3.8, 4) is 0 Å². The average Bonchev–Trinajstić information content (AvgIpc) is 2.32. The number of carbonyl (C=O) groups is 1. The maximum atomic E-state index is 12.8. The molecule has 7 heteroatoms. The SMILES string of the molecule is CCOC(=O)CC(O)C(O)c1cnc(F)c(N)c1. The van der Waals surface area contributed by atoms with Gasteiger partial charge in [0.25, 0.3) is 0 Å². The molecule has 2 atom stereocenters. The summed E-state index contributed by atoms with van der Waals surface area (Å²) in [6.45, 7) is 1.82. The molecule has 0 saturated heterocycles. The summed E-state index contributed by atoms with van der Waals surface area (Å²) in [6.07, 6.45) is -2.07. The Morgan fingerprint density at radius 2 is 2.28 bits per heavy atom. The summed E-state index contributed by atoms with van der Waals surface area (Å²) >= 11 is 0. The number of nitrogen functional groups attached to an aromatic ring is 1. The first kappa shape index (κ1) is 14.3. The summed E-state index contributed by atoms with van der Waals surface area (Å²) in [7, 11) is 0. The minimum atomic E-state index is -1.38. The summed E-state index contributed by atoms with van der Waals surface area (Å²) < 4.78 is 17.5. The van der Waals surface area contributed by atoms with Crippen LogP contribution in [-0.2, 0) is 9.53 Å². The third-order valence-corrected chi connectivity index (χ3v) is 2.27. The van der Waals surface area contributed by atoms with E-state index in [1.807, 2.05) is 0 Å². The number of hydrogen-bond donors (Lipinski definition) is 3. The van der Waals surface area contributed by atoms with Crippen LogP contribution < -0.4 is 5.73 Å². The third kappa shape index (κ3) is 3.64. The molecule has 1 aromatic rings. The van der Waals surface area contributed by atoms with E-state index < -0.39 is 24.1 Å². The van der Waals surface area contributed by atoms with E-state index in [-0.39, 0.29) is 24.3 Å². The van der Waals surface area contributed by atoms with Crippen molar-refractivity contribution >= 4 is 11.7 Å². The van der Waals surface area contributed by atoms with Gasteiger partial charge in [-0.3, -0.25) is 4.79 Å². The van der Waals surface area contributed by atoms with Gasteiger partial charge < -0.3 is 20.7 Å². The largest absolute Gasteiger partial charge is 0.466 e. The average molecular weight is 258 g/mol. The highest BCUT2D eigenvalue weighted by Gasteiger charge is 2.23. The van der Waals surface area contributed by atoms with E-state index in [2.05, 4.69) is 9.72 Å². The Kier molecular flexibility index (Phi) is 4.99. The number of nitrogens with zero attached hydrogens (tertiary/aromatic N) is 1. The maximum Gasteiger partial charge on any atom is 0.308 e. The number of halogens is 1. The smallest absolute Gasteiger partial charge is 0.308 e. The van der Waals surface area contributed by atoms with Gasteiger partial charge in [-0.1, -0.05) is 0 Å². The van der Waals surface area contributed by atoms with Crippen molar-refractivity contribution in [1.29, 1.82) is 0 Å². The number of ether oxygens (including phenoxy) is 1. The van der Waals surface area contributed by atoms with Crippen LogP contribution in [0.5, 0.6) is 0 Å². The van der Waals surface area contributed by atoms with Crippen molar-refractivity contribution in [3.05, 3.63) is 23.8 Å². The highest BCUT2D eigenvalue weighted by atomic mass is 19.1. The lowest BCUT2D eigenvalue weighted by Gasteiger charge is -2.17. The highest BCUT2D eigenvalue weighted by Crippen LogP contribution is 2.21. The van der Waals surface area contributed by atoms with Crippen LogP contribution in [-0.4, -0.2) is 33.9 Å². The second-order valence-electron chi connectivity index (χ2n) is 3.67. The van der Waals surface area contributed by atoms with E-state index in [0.717, 1.165) is 12.3 Å². The molecule has 2 unspecified atom stereocenters. The van der Waals surface area contributed by atoms with Crippen molar-refractivity contribution in [1.82, 2.24) is 4.98 Å². The van der Waals surface area contributed by atoms with Crippen LogP contribution in [0.3, 0.4) is 0 Å². The Morgan fingerprint density at radius 3 is 2.83 bits per heavy atom. The summed E-state index contributed by atoms with van der Waals surface area (Å²) in [5.74, 6) is -1.49. The fourth-order valence-electron chi connectivity index (χ4n) is 1.37. The minimum Gasteiger partial charge on any atom is -0.466 e. The van der Waals surface area contributed by atoms with E-state index >= 15 is 0 Å². The molecule has 0 spiro atoms. The van der Waals surface area contributed by atoms with Gasteiger partial charge in [0.1, 0.15) is 6.10 Å². The van der Waals surface area contributed by atoms with Crippen LogP contribution in [0.1, 0.15) is 25.0 Å². The lowest BCUT2D eigenvalue weighted by molar-refractivity contribution is -0.147. The molecule has 0 amide bonds. The second kappa shape index (κ2) is 6.27. The van der Waals surface area contributed by atoms with E-state index in [9.17, 15) is 19.4 Å². The molecule has 1 aromatic heterocycles. The van der Waals surface area contributed by atoms with Crippen LogP contribution in [0.4, 0.5) is 10.1 Å². The number of aliphatic hydroxyl groups excluding tert-OH is 2. The first-order chi connectivity index (χ1) is 8.45. The molecule has 4 N–H and O–H groups in total. The van der Waals surface area contributed by atoms with Crippen LogP contribution in [0.2, 0.25) is 0 Å². The number of anilines is 1. The van der Waals surface area contributed by atoms with Gasteiger partial charge in [-0.25, -0.2) is 4.98 Å². The molecule has 0 aliphatic carbocycles. The van der Waals surface area contributed by atoms with Crippen LogP contribution in [0.15, 0.2) is 12.3 Å². The van der Waals surface area contributed by atoms with Gasteiger partial charge in [0.2, 0.25) is 5.95 Å². The number of aromatic nitrogens is 1. The predicted octanol–water partition coefficient (Wildman–Crippen LogP) is 0.150. The van der Waals surface area contributed by atoms with Gasteiger partial charge in [0, 0.05) is 11.8 Å². The lowest BCUT2D eigenvalue weighted by Crippen LogP contribution is -2.23. The molecule has 0 saturated carbocycles. The molecule has 0 bridgehead atoms. The molecule has 100 valence electrons. The normalized spacial score (nSPS) is 14.0. The molecule has 0 fully saturated rings. The van der Waals surface area contributed by atoms with Crippen molar-refractivity contribution in [3.63, 3.8) is 0 Å². The van der Waals surface area contributed by atoms with Crippen LogP contribution in [0, 0.1) is 5.95 Å². The number of aliphatic hydroxyl groups is 2. The first-order valence-electron chi connectivity index (χ1n) is 5.38. The topological polar surface area (TPSA) is 106 Å². The van der Waals surface area contributed by atoms with Crippen molar-refractivity contribution < 1.29 is 24.1 Å². The van der Waals surface area contributed by atoms with E-state index in [1.54, 1.807) is 6.92 Å². The molecular formula is C11H15FN2O4. The molecular weight excluding hydrogens is 243 g/mol. The van der Waals surface area contributed by atoms with Gasteiger partial charge in [-0.2, -0.15) is 4.39 Å². The molecule has 0 aliphatic heterocycles. The number of hydrogen-bond acceptors (Lipinski definition) is 6. The second-order valence-corrected chi connectivity index (χ2v) is 3.67. The van der Waals surface area contributed by atoms with Crippen LogP contribution in [0.25, 0.3) is 0 Å². The maximum absolute atomic E-state index is 12.8. The van der Waals surface area contributed by atoms with E-state index in [4.69, 9.17) is 5.73 Å². The monoisotopic (exact) mass is 258 g/mol. The zero-order valence-corrected chi connectivity index (χ0v) is 9.84. The quantitative estimate of drug-likeness (QED) is 0.513. The Hall–Kier alpha value is -1.73. The van der Waals surface area contributed by atoms with Crippen LogP contribution >= 0.6 is 0 Å². The molecule has 1 rings (SSSR count). The number of rotatable bonds is 5. The summed E-state index contributed by atoms with van der Waals surface area (Å²) in [5.41, 5.74) is 5.18. The summed E-state index contributed by atoms with van der Waals surface area (Å²) in [6, 6.07) is 1.15. The number of nitrogens with two attached hydrogens (primary N) is 1. The molecule has 0 radical (unpaired) electrons. The highest BCUT2D eigenvalue weighted by molar-refractivity contribution is 5.70. The van der Waals surface area contributed by atoms with Gasteiger partial charge in [0.15, 0.2) is 0 Å². The third-order valence-electron chi connectivity index (χ3n) is 2.27. The first-order valence-corrected chi connectivity index (χ1v) is 5.38. The Bertz CT molecular complexity index is 428. The van der Waals surface area contributed by atoms with Gasteiger partial charge in [-0.05, 0) is 13.0 Å². The van der Waals surface area contributed by atoms with Crippen molar-refractivity contribution in [2.24, 2.45) is 0 Å². The summed E-state index contributed by atoms with van der Waals surface area (Å²) in [4.78, 5) is 14.4. The Labute approximate surface area is 103 Å². The number of carbonyl (C=O) groups excluding carboxylic acids is 1. The van der Waals surface area contributed by atoms with Crippen molar-refractivity contribution in [2.75, 3.05) is 12.3 Å². The predicted molar refractivity (Wildman–Crippen MR) is 60.8 cm³/mol. The molecule has 18 heavy (non-hydrogen) atoms. The standard InChI is InChI=1S/C11H15FN2O4/c1-2-18-9(16)4-8(15)10(17)6-3-7(13)11(12)14-5-6/h3,5,8,10,15,17H,2,4,13H2,1H3. The Balaban J connectivity index is 2.70. The van der Waals surface area contributed by atoms with Crippen molar-refractivity contribution in [2.45, 2.75) is 25.6 Å². The van der Waals surface area contributed by atoms with Gasteiger partial charge in [-0.15, -0.1) is 0 Å². The van der Waals surface area contributed by atoms with E-state index in [0.29, 0.717) is 0 Å². The fourth-order valence-corrected chi connectivity index (χ4v) is 1.37. The summed E-state index contributed by atoms with van der Waals surface area (Å²) in [5, 5.41) is 19.4. The molecule has 6 nitrogen and oxygen atoms in total. The minimum absolute atomic E-state index is 0.130. The Morgan fingerprint density at radius 1 is 1.61 bits per heavy atom. The van der Waals surface area contributed by atoms with Gasteiger partial charge >= 0.3 is 5.97 Å². The zero-order valence-electron chi connectivity index (χ0n) is 9.84. The number of esters is 1. The molecule has 1 heterocycles. The molecule has 0 aliphatic rings. The fraction of sp³-hybridized carbons (Fsp3) is 0.455. The van der Waals surface area contributed by atoms with Gasteiger partial charge in [0.05, 0.1) is 24.8 Å². The van der Waals surface area contributed by atoms with E-state index in [1.165, 1.54) is 0 Å². The zero-order chi connectivity index (χ0) is 13.7. The molecule has 0 aromatic carbocycles. The lowest BCUT2D eigenvalue weighted by atomic mass is 10.0.